The van der Waals surface area contributed by atoms with Crippen molar-refractivity contribution in [2.45, 2.75) is 0 Å². The number of rotatable bonds is 1. The second-order valence-electron chi connectivity index (χ2n) is 2.74. The van der Waals surface area contributed by atoms with Crippen LogP contribution in [0.25, 0.3) is 11.2 Å². The molecular formula is C6H4Cl3N5S. The molecule has 0 unspecified atom stereocenters. The van der Waals surface area contributed by atoms with E-state index in [1.165, 1.54) is 10.4 Å². The molecule has 0 saturated heterocycles. The Balaban J connectivity index is 2.91. The van der Waals surface area contributed by atoms with Crippen molar-refractivity contribution in [2.24, 2.45) is 7.05 Å². The first-order chi connectivity index (χ1) is 7.02. The maximum atomic E-state index is 5.80. The van der Waals surface area contributed by atoms with Gasteiger partial charge in [-0.3, -0.25) is 0 Å². The zero-order valence-electron chi connectivity index (χ0n) is 7.36. The zero-order valence-corrected chi connectivity index (χ0v) is 10.4. The summed E-state index contributed by atoms with van der Waals surface area (Å²) in [5.41, 5.74) is 0.947. The maximum Gasteiger partial charge on any atom is 0.238 e. The highest BCUT2D eigenvalue weighted by atomic mass is 35.5. The maximum absolute atomic E-state index is 5.80. The monoisotopic (exact) mass is 283 g/mol. The van der Waals surface area contributed by atoms with Crippen LogP contribution in [0.15, 0.2) is 6.33 Å². The molecule has 0 radical (unpaired) electrons. The van der Waals surface area contributed by atoms with Gasteiger partial charge in [0.2, 0.25) is 5.95 Å². The zero-order chi connectivity index (χ0) is 11.2. The van der Waals surface area contributed by atoms with Gasteiger partial charge in [-0.25, -0.2) is 9.07 Å². The summed E-state index contributed by atoms with van der Waals surface area (Å²) in [6.45, 7) is 0. The predicted molar refractivity (Wildman–Crippen MR) is 62.8 cm³/mol. The first kappa shape index (κ1) is 10.9. The van der Waals surface area contributed by atoms with E-state index in [-0.39, 0.29) is 5.95 Å². The van der Waals surface area contributed by atoms with Gasteiger partial charge >= 0.3 is 0 Å². The van der Waals surface area contributed by atoms with Crippen molar-refractivity contribution in [3.63, 3.8) is 0 Å². The van der Waals surface area contributed by atoms with Crippen molar-refractivity contribution < 1.29 is 0 Å². The molecule has 0 aromatic carbocycles. The molecule has 0 bridgehead atoms. The van der Waals surface area contributed by atoms with Gasteiger partial charge in [0.15, 0.2) is 5.65 Å². The van der Waals surface area contributed by atoms with Crippen LogP contribution in [0.5, 0.6) is 0 Å². The Hall–Kier alpha value is -0.560. The number of fused-ring (bicyclic) bond motifs is 1. The van der Waals surface area contributed by atoms with Crippen LogP contribution in [-0.4, -0.2) is 18.6 Å². The molecule has 80 valence electrons. The van der Waals surface area contributed by atoms with Crippen LogP contribution in [0, 0.1) is 4.64 Å². The minimum atomic E-state index is 0.276. The minimum absolute atomic E-state index is 0.276. The Morgan fingerprint density at radius 1 is 1.47 bits per heavy atom. The standard InChI is InChI=1S/C6H4Cl3N5S/c1-12-5(15)3-4(13(7)2-10-3)11-6(12)14(8)9/h2H,1H3. The van der Waals surface area contributed by atoms with Gasteiger partial charge in [-0.2, -0.15) is 8.92 Å². The van der Waals surface area contributed by atoms with Crippen molar-refractivity contribution in [2.75, 3.05) is 3.94 Å². The molecule has 2 aromatic rings. The van der Waals surface area contributed by atoms with Crippen LogP contribution >= 0.6 is 47.5 Å². The summed E-state index contributed by atoms with van der Waals surface area (Å²) in [7, 11) is 1.69. The highest BCUT2D eigenvalue weighted by Gasteiger charge is 2.13. The number of anilines is 1. The molecule has 0 spiro atoms. The van der Waals surface area contributed by atoms with Crippen LogP contribution in [0.3, 0.4) is 0 Å². The predicted octanol–water partition coefficient (Wildman–Crippen LogP) is 2.62. The minimum Gasteiger partial charge on any atom is -0.302 e. The van der Waals surface area contributed by atoms with Crippen molar-refractivity contribution >= 4 is 64.7 Å². The van der Waals surface area contributed by atoms with Crippen LogP contribution in [0.2, 0.25) is 0 Å². The quantitative estimate of drug-likeness (QED) is 0.596. The third kappa shape index (κ3) is 1.67. The average Bonchev–Trinajstić information content (AvgIpc) is 2.53. The van der Waals surface area contributed by atoms with Gasteiger partial charge in [0.1, 0.15) is 16.5 Å². The highest BCUT2D eigenvalue weighted by Crippen LogP contribution is 2.21. The van der Waals surface area contributed by atoms with E-state index in [0.717, 1.165) is 3.94 Å². The van der Waals surface area contributed by atoms with Gasteiger partial charge in [-0.1, -0.05) is 12.2 Å². The Bertz CT molecular complexity index is 574. The van der Waals surface area contributed by atoms with E-state index in [1.807, 2.05) is 0 Å². The lowest BCUT2D eigenvalue weighted by Crippen LogP contribution is -2.08. The third-order valence-electron chi connectivity index (χ3n) is 1.87. The number of nitrogens with zero attached hydrogens (tertiary/aromatic N) is 5. The normalized spacial score (nSPS) is 10.9. The molecule has 2 heterocycles. The van der Waals surface area contributed by atoms with Gasteiger partial charge in [-0.05, 0) is 0 Å². The Morgan fingerprint density at radius 2 is 2.13 bits per heavy atom. The highest BCUT2D eigenvalue weighted by molar-refractivity contribution is 7.71. The number of aromatic nitrogens is 4. The average molecular weight is 285 g/mol. The van der Waals surface area contributed by atoms with E-state index >= 15 is 0 Å². The van der Waals surface area contributed by atoms with Crippen LogP contribution < -0.4 is 3.94 Å². The first-order valence-electron chi connectivity index (χ1n) is 3.74. The van der Waals surface area contributed by atoms with Crippen molar-refractivity contribution in [1.29, 1.82) is 0 Å². The molecule has 0 atom stereocenters. The molecule has 0 fully saturated rings. The molecule has 0 aliphatic heterocycles. The fourth-order valence-electron chi connectivity index (χ4n) is 1.14. The number of hydrogen-bond donors (Lipinski definition) is 0. The van der Waals surface area contributed by atoms with E-state index < -0.39 is 0 Å². The first-order valence-corrected chi connectivity index (χ1v) is 5.16. The lowest BCUT2D eigenvalue weighted by Gasteiger charge is -2.10. The van der Waals surface area contributed by atoms with Crippen molar-refractivity contribution in [3.8, 4) is 0 Å². The molecule has 5 nitrogen and oxygen atoms in total. The Kier molecular flexibility index (Phi) is 2.76. The molecule has 2 rings (SSSR count). The van der Waals surface area contributed by atoms with Crippen molar-refractivity contribution in [3.05, 3.63) is 11.0 Å². The topological polar surface area (TPSA) is 38.9 Å². The summed E-state index contributed by atoms with van der Waals surface area (Å²) in [6, 6.07) is 0. The van der Waals surface area contributed by atoms with Gasteiger partial charge in [-0.15, -0.1) is 0 Å². The van der Waals surface area contributed by atoms with Crippen LogP contribution in [0.1, 0.15) is 0 Å². The largest absolute Gasteiger partial charge is 0.302 e. The fourth-order valence-corrected chi connectivity index (χ4v) is 1.83. The molecule has 0 aliphatic carbocycles. The molecular weight excluding hydrogens is 281 g/mol. The summed E-state index contributed by atoms with van der Waals surface area (Å²) >= 11 is 22.2. The smallest absolute Gasteiger partial charge is 0.238 e. The molecule has 9 heteroatoms. The summed E-state index contributed by atoms with van der Waals surface area (Å²) in [5.74, 6) is 0.276. The Labute approximate surface area is 105 Å². The van der Waals surface area contributed by atoms with Crippen LogP contribution in [0.4, 0.5) is 5.95 Å². The molecule has 2 aromatic heterocycles. The number of halogens is 3. The summed E-state index contributed by atoms with van der Waals surface area (Å²) in [5, 5.41) is 0. The summed E-state index contributed by atoms with van der Waals surface area (Å²) in [6.07, 6.45) is 1.41. The molecule has 0 saturated carbocycles. The lowest BCUT2D eigenvalue weighted by molar-refractivity contribution is 0.869. The van der Waals surface area contributed by atoms with E-state index in [2.05, 4.69) is 9.97 Å². The fraction of sp³-hybridized carbons (Fsp3) is 0.167. The van der Waals surface area contributed by atoms with E-state index in [1.54, 1.807) is 11.6 Å². The number of imidazole rings is 1. The van der Waals surface area contributed by atoms with Crippen LogP contribution in [-0.2, 0) is 7.05 Å². The van der Waals surface area contributed by atoms with Gasteiger partial charge < -0.3 is 4.57 Å². The van der Waals surface area contributed by atoms with Crippen molar-refractivity contribution in [1.82, 2.24) is 18.6 Å². The molecule has 0 amide bonds. The van der Waals surface area contributed by atoms with E-state index in [0.29, 0.717) is 15.8 Å². The second-order valence-corrected chi connectivity index (χ2v) is 4.34. The molecule has 0 N–H and O–H groups in total. The molecule has 15 heavy (non-hydrogen) atoms. The Morgan fingerprint density at radius 3 is 2.73 bits per heavy atom. The second kappa shape index (κ2) is 3.79. The lowest BCUT2D eigenvalue weighted by atomic mass is 10.5. The summed E-state index contributed by atoms with van der Waals surface area (Å²) < 4.78 is 4.05. The number of hydrogen-bond acceptors (Lipinski definition) is 4. The third-order valence-corrected chi connectivity index (χ3v) is 2.88. The van der Waals surface area contributed by atoms with Gasteiger partial charge in [0.25, 0.3) is 0 Å². The van der Waals surface area contributed by atoms with E-state index in [9.17, 15) is 0 Å². The molecule has 0 aliphatic rings. The SMILES string of the molecule is Cn1c(N(Cl)Cl)nc2c(ncn2Cl)c1=S. The van der Waals surface area contributed by atoms with E-state index in [4.69, 9.17) is 47.5 Å². The van der Waals surface area contributed by atoms with Gasteiger partial charge in [0.05, 0.1) is 0 Å². The summed E-state index contributed by atoms with van der Waals surface area (Å²) in [4.78, 5) is 8.14. The van der Waals surface area contributed by atoms with Gasteiger partial charge in [0, 0.05) is 42.4 Å².